The van der Waals surface area contributed by atoms with Crippen LogP contribution in [0, 0.1) is 0 Å². The maximum absolute atomic E-state index is 13.5. The van der Waals surface area contributed by atoms with Crippen LogP contribution in [-0.2, 0) is 9.84 Å². The van der Waals surface area contributed by atoms with E-state index in [1.54, 1.807) is 42.5 Å². The van der Waals surface area contributed by atoms with Gasteiger partial charge in [-0.1, -0.05) is 18.2 Å². The molecule has 0 saturated carbocycles. The van der Waals surface area contributed by atoms with Crippen molar-refractivity contribution in [1.82, 2.24) is 4.90 Å². The first kappa shape index (κ1) is 20.6. The molecule has 0 N–H and O–H groups in total. The van der Waals surface area contributed by atoms with E-state index in [0.717, 1.165) is 0 Å². The fourth-order valence-electron chi connectivity index (χ4n) is 4.66. The predicted octanol–water partition coefficient (Wildman–Crippen LogP) is 2.54. The summed E-state index contributed by atoms with van der Waals surface area (Å²) in [5.41, 5.74) is 0.835. The molecule has 3 heterocycles. The number of hydrogen-bond donors (Lipinski definition) is 0. The summed E-state index contributed by atoms with van der Waals surface area (Å²) in [6.07, 6.45) is 0.305. The van der Waals surface area contributed by atoms with Gasteiger partial charge in [0, 0.05) is 6.04 Å². The number of carbonyl (C=O) groups excluding carboxylic acids is 1. The van der Waals surface area contributed by atoms with Crippen LogP contribution in [0.3, 0.4) is 0 Å². The number of para-hydroxylation sites is 1. The Morgan fingerprint density at radius 1 is 1.03 bits per heavy atom. The van der Waals surface area contributed by atoms with Gasteiger partial charge in [0.25, 0.3) is 5.91 Å². The van der Waals surface area contributed by atoms with E-state index in [0.29, 0.717) is 34.5 Å². The Balaban J connectivity index is 1.76. The third-order valence-electron chi connectivity index (χ3n) is 6.14. The second-order valence-electron chi connectivity index (χ2n) is 7.96. The third kappa shape index (κ3) is 3.07. The highest BCUT2D eigenvalue weighted by atomic mass is 32.2. The molecule has 0 spiro atoms. The van der Waals surface area contributed by atoms with Crippen molar-refractivity contribution >= 4 is 26.7 Å². The first-order valence-corrected chi connectivity index (χ1v) is 12.0. The molecule has 8 nitrogen and oxygen atoms in total. The number of ether oxygens (including phenoxy) is 2. The van der Waals surface area contributed by atoms with Crippen molar-refractivity contribution in [2.24, 2.45) is 0 Å². The molecular weight excluding hydrogens is 434 g/mol. The molecule has 166 valence electrons. The van der Waals surface area contributed by atoms with Gasteiger partial charge < -0.3 is 18.8 Å². The Bertz CT molecular complexity index is 1410. The quantitative estimate of drug-likeness (QED) is 0.596. The minimum absolute atomic E-state index is 0.000202. The molecule has 9 heteroatoms. The Morgan fingerprint density at radius 3 is 2.47 bits per heavy atom. The van der Waals surface area contributed by atoms with Crippen LogP contribution in [0.15, 0.2) is 51.7 Å². The van der Waals surface area contributed by atoms with Crippen LogP contribution in [0.1, 0.15) is 34.1 Å². The lowest BCUT2D eigenvalue weighted by atomic mass is 9.97. The second kappa shape index (κ2) is 7.37. The summed E-state index contributed by atoms with van der Waals surface area (Å²) in [6.45, 7) is 0. The number of fused-ring (bicyclic) bond motifs is 2. The van der Waals surface area contributed by atoms with Crippen molar-refractivity contribution in [3.8, 4) is 11.5 Å². The topological polar surface area (TPSA) is 103 Å². The summed E-state index contributed by atoms with van der Waals surface area (Å²) in [4.78, 5) is 28.5. The minimum atomic E-state index is -3.27. The van der Waals surface area contributed by atoms with Gasteiger partial charge in [0.2, 0.25) is 5.76 Å². The highest BCUT2D eigenvalue weighted by Gasteiger charge is 2.48. The van der Waals surface area contributed by atoms with E-state index in [4.69, 9.17) is 13.9 Å². The van der Waals surface area contributed by atoms with Crippen molar-refractivity contribution in [2.75, 3.05) is 25.7 Å². The van der Waals surface area contributed by atoms with Gasteiger partial charge in [-0.2, -0.15) is 0 Å². The summed E-state index contributed by atoms with van der Waals surface area (Å²) in [5.74, 6) is 0.267. The van der Waals surface area contributed by atoms with Gasteiger partial charge in [-0.3, -0.25) is 9.59 Å². The SMILES string of the molecule is COc1ccc([C@@H]2c3c(oc4ccccc4c3=O)C(=O)N2[C@@H]2CCS(=O)(=O)C2)cc1OC. The fraction of sp³-hybridized carbons (Fsp3) is 0.304. The summed E-state index contributed by atoms with van der Waals surface area (Å²) in [7, 11) is -0.253. The van der Waals surface area contributed by atoms with Crippen LogP contribution in [0.25, 0.3) is 11.0 Å². The van der Waals surface area contributed by atoms with Crippen LogP contribution < -0.4 is 14.9 Å². The zero-order chi connectivity index (χ0) is 22.6. The van der Waals surface area contributed by atoms with E-state index in [2.05, 4.69) is 0 Å². The molecule has 0 unspecified atom stereocenters. The summed E-state index contributed by atoms with van der Waals surface area (Å²) < 4.78 is 41.0. The Hall–Kier alpha value is -3.33. The Kier molecular flexibility index (Phi) is 4.74. The molecule has 32 heavy (non-hydrogen) atoms. The molecule has 1 amide bonds. The number of rotatable bonds is 4. The van der Waals surface area contributed by atoms with Crippen molar-refractivity contribution < 1.29 is 27.1 Å². The van der Waals surface area contributed by atoms with Gasteiger partial charge in [0.15, 0.2) is 26.8 Å². The molecule has 0 aliphatic carbocycles. The molecule has 2 atom stereocenters. The smallest absolute Gasteiger partial charge is 0.291 e. The highest BCUT2D eigenvalue weighted by molar-refractivity contribution is 7.91. The number of methoxy groups -OCH3 is 2. The maximum atomic E-state index is 13.5. The highest BCUT2D eigenvalue weighted by Crippen LogP contribution is 2.43. The lowest BCUT2D eigenvalue weighted by Crippen LogP contribution is -2.40. The summed E-state index contributed by atoms with van der Waals surface area (Å²) >= 11 is 0. The number of hydrogen-bond acceptors (Lipinski definition) is 7. The van der Waals surface area contributed by atoms with Gasteiger partial charge in [-0.05, 0) is 36.2 Å². The van der Waals surface area contributed by atoms with Gasteiger partial charge in [0.05, 0.1) is 42.7 Å². The second-order valence-corrected chi connectivity index (χ2v) is 10.2. The molecular formula is C23H21NO7S. The van der Waals surface area contributed by atoms with E-state index < -0.39 is 27.8 Å². The predicted molar refractivity (Wildman–Crippen MR) is 117 cm³/mol. The molecule has 2 aliphatic heterocycles. The van der Waals surface area contributed by atoms with Crippen molar-refractivity contribution in [3.63, 3.8) is 0 Å². The van der Waals surface area contributed by atoms with Gasteiger partial charge in [-0.25, -0.2) is 8.42 Å². The molecule has 5 rings (SSSR count). The van der Waals surface area contributed by atoms with E-state index in [1.165, 1.54) is 19.1 Å². The Labute approximate surface area is 184 Å². The van der Waals surface area contributed by atoms with Crippen molar-refractivity contribution in [1.29, 1.82) is 0 Å². The van der Waals surface area contributed by atoms with Crippen LogP contribution in [0.4, 0.5) is 0 Å². The third-order valence-corrected chi connectivity index (χ3v) is 7.89. The standard InChI is InChI=1S/C23H21NO7S/c1-29-17-8-7-13(11-18(17)30-2)20-19-21(25)15-5-3-4-6-16(15)31-22(19)23(26)24(20)14-9-10-32(27,28)12-14/h3-8,11,14,20H,9-10,12H2,1-2H3/t14-,20-/m1/s1. The van der Waals surface area contributed by atoms with Crippen molar-refractivity contribution in [2.45, 2.75) is 18.5 Å². The van der Waals surface area contributed by atoms with Crippen LogP contribution in [0.2, 0.25) is 0 Å². The van der Waals surface area contributed by atoms with Gasteiger partial charge in [-0.15, -0.1) is 0 Å². The fourth-order valence-corrected chi connectivity index (χ4v) is 6.37. The van der Waals surface area contributed by atoms with E-state index in [-0.39, 0.29) is 28.3 Å². The monoisotopic (exact) mass is 455 g/mol. The molecule has 0 radical (unpaired) electrons. The normalized spacial score (nSPS) is 21.7. The molecule has 2 aromatic carbocycles. The first-order valence-electron chi connectivity index (χ1n) is 10.2. The zero-order valence-electron chi connectivity index (χ0n) is 17.5. The summed E-state index contributed by atoms with van der Waals surface area (Å²) in [5, 5.41) is 0.366. The molecule has 2 aliphatic rings. The average molecular weight is 455 g/mol. The average Bonchev–Trinajstić information content (AvgIpc) is 3.29. The molecule has 3 aromatic rings. The van der Waals surface area contributed by atoms with E-state index in [9.17, 15) is 18.0 Å². The number of sulfone groups is 1. The molecule has 1 aromatic heterocycles. The van der Waals surface area contributed by atoms with E-state index in [1.807, 2.05) is 0 Å². The zero-order valence-corrected chi connectivity index (χ0v) is 18.3. The number of amides is 1. The molecule has 1 fully saturated rings. The first-order chi connectivity index (χ1) is 15.3. The number of carbonyl (C=O) groups is 1. The van der Waals surface area contributed by atoms with Crippen molar-refractivity contribution in [3.05, 3.63) is 69.6 Å². The van der Waals surface area contributed by atoms with Gasteiger partial charge in [0.1, 0.15) is 5.58 Å². The van der Waals surface area contributed by atoms with Crippen LogP contribution in [0.5, 0.6) is 11.5 Å². The summed E-state index contributed by atoms with van der Waals surface area (Å²) in [6, 6.07) is 10.5. The van der Waals surface area contributed by atoms with Crippen LogP contribution >= 0.6 is 0 Å². The minimum Gasteiger partial charge on any atom is -0.493 e. The van der Waals surface area contributed by atoms with E-state index >= 15 is 0 Å². The maximum Gasteiger partial charge on any atom is 0.291 e. The lowest BCUT2D eigenvalue weighted by Gasteiger charge is -2.30. The molecule has 0 bridgehead atoms. The lowest BCUT2D eigenvalue weighted by molar-refractivity contribution is 0.0662. The largest absolute Gasteiger partial charge is 0.493 e. The molecule has 1 saturated heterocycles. The Morgan fingerprint density at radius 2 is 1.78 bits per heavy atom. The van der Waals surface area contributed by atoms with Crippen LogP contribution in [-0.4, -0.2) is 51.0 Å². The van der Waals surface area contributed by atoms with Gasteiger partial charge >= 0.3 is 0 Å². The number of benzene rings is 2. The number of nitrogens with zero attached hydrogens (tertiary/aromatic N) is 1.